The van der Waals surface area contributed by atoms with Gasteiger partial charge in [-0.2, -0.15) is 4.89 Å². The molecule has 6 heteroatoms. The lowest BCUT2D eigenvalue weighted by Crippen LogP contribution is -2.66. The molecule has 0 radical (unpaired) electrons. The number of nitrogens with zero attached hydrogens (tertiary/aromatic N) is 1. The average molecular weight is 383 g/mol. The minimum atomic E-state index is -0.977. The van der Waals surface area contributed by atoms with Crippen molar-refractivity contribution < 1.29 is 19.6 Å². The van der Waals surface area contributed by atoms with Gasteiger partial charge in [-0.3, -0.25) is 0 Å². The number of ether oxygens (including phenoxy) is 1. The van der Waals surface area contributed by atoms with Gasteiger partial charge in [0.2, 0.25) is 0 Å². The van der Waals surface area contributed by atoms with Gasteiger partial charge in [0, 0.05) is 11.0 Å². The van der Waals surface area contributed by atoms with E-state index >= 15 is 0 Å². The number of rotatable bonds is 3. The van der Waals surface area contributed by atoms with Gasteiger partial charge in [-0.25, -0.2) is 9.87 Å². The highest BCUT2D eigenvalue weighted by Crippen LogP contribution is 2.64. The summed E-state index contributed by atoms with van der Waals surface area (Å²) in [5.41, 5.74) is 1.64. The van der Waals surface area contributed by atoms with Crippen LogP contribution in [0.5, 0.6) is 5.75 Å². The van der Waals surface area contributed by atoms with Crippen LogP contribution in [0.1, 0.15) is 32.8 Å². The zero-order valence-corrected chi connectivity index (χ0v) is 16.3. The predicted molar refractivity (Wildman–Crippen MR) is 103 cm³/mol. The first-order chi connectivity index (χ1) is 12.9. The number of hydrogen-bond donors (Lipinski definition) is 1. The Labute approximate surface area is 161 Å². The highest BCUT2D eigenvalue weighted by Gasteiger charge is 2.76. The molecule has 0 saturated carbocycles. The van der Waals surface area contributed by atoms with Gasteiger partial charge in [-0.05, 0) is 30.7 Å². The van der Waals surface area contributed by atoms with Crippen molar-refractivity contribution in [2.24, 2.45) is 5.41 Å². The molecule has 1 N–H and O–H groups in total. The minimum Gasteiger partial charge on any atom is -0.507 e. The molecule has 2 fully saturated rings. The van der Waals surface area contributed by atoms with Gasteiger partial charge < -0.3 is 9.84 Å². The minimum absolute atomic E-state index is 0.162. The summed E-state index contributed by atoms with van der Waals surface area (Å²) in [7, 11) is 0. The normalized spacial score (nSPS) is 28.9. The molecule has 3 aromatic rings. The van der Waals surface area contributed by atoms with Crippen molar-refractivity contribution in [1.29, 1.82) is 0 Å². The molecule has 1 aromatic heterocycles. The molecular formula is C21H21NO4S. The second-order valence-electron chi connectivity index (χ2n) is 7.86. The lowest BCUT2D eigenvalue weighted by Gasteiger charge is -2.54. The molecule has 0 spiro atoms. The quantitative estimate of drug-likeness (QED) is 0.646. The van der Waals surface area contributed by atoms with Crippen LogP contribution in [0.15, 0.2) is 42.5 Å². The van der Waals surface area contributed by atoms with Crippen LogP contribution in [0.4, 0.5) is 0 Å². The van der Waals surface area contributed by atoms with Crippen LogP contribution in [0.2, 0.25) is 0 Å². The number of phenols is 1. The summed E-state index contributed by atoms with van der Waals surface area (Å²) in [5.74, 6) is -0.816. The monoisotopic (exact) mass is 383 g/mol. The first-order valence-corrected chi connectivity index (χ1v) is 9.94. The first kappa shape index (κ1) is 17.1. The summed E-state index contributed by atoms with van der Waals surface area (Å²) in [4.78, 5) is 15.8. The number of aromatic hydroxyl groups is 1. The maximum atomic E-state index is 10.8. The molecule has 5 rings (SSSR count). The molecule has 2 unspecified atom stereocenters. The summed E-state index contributed by atoms with van der Waals surface area (Å²) in [6.07, 6.45) is 0.750. The molecule has 2 aliphatic rings. The number of hydrogen-bond acceptors (Lipinski definition) is 6. The molecule has 27 heavy (non-hydrogen) atoms. The van der Waals surface area contributed by atoms with Gasteiger partial charge in [-0.15, -0.1) is 11.3 Å². The Morgan fingerprint density at radius 1 is 1.15 bits per heavy atom. The summed E-state index contributed by atoms with van der Waals surface area (Å²) in [6, 6.07) is 13.5. The Kier molecular flexibility index (Phi) is 3.50. The lowest BCUT2D eigenvalue weighted by atomic mass is 9.68. The van der Waals surface area contributed by atoms with Crippen molar-refractivity contribution in [3.05, 3.63) is 48.0 Å². The molecule has 5 nitrogen and oxygen atoms in total. The lowest BCUT2D eigenvalue weighted by molar-refractivity contribution is -0.610. The Morgan fingerprint density at radius 3 is 2.63 bits per heavy atom. The Hall–Kier alpha value is -1.99. The SMILES string of the molecule is CCC12OOC1(c1ccc(-c3nc4ccccc4s3)c(O)c1)OCC2(C)C. The van der Waals surface area contributed by atoms with E-state index in [9.17, 15) is 5.11 Å². The van der Waals surface area contributed by atoms with Crippen LogP contribution >= 0.6 is 11.3 Å². The van der Waals surface area contributed by atoms with E-state index in [0.29, 0.717) is 12.2 Å². The summed E-state index contributed by atoms with van der Waals surface area (Å²) < 4.78 is 7.21. The van der Waals surface area contributed by atoms with E-state index < -0.39 is 11.4 Å². The van der Waals surface area contributed by atoms with E-state index in [-0.39, 0.29) is 11.2 Å². The number of aromatic nitrogens is 1. The van der Waals surface area contributed by atoms with E-state index in [1.165, 1.54) is 0 Å². The fourth-order valence-corrected chi connectivity index (χ4v) is 5.35. The summed E-state index contributed by atoms with van der Waals surface area (Å²) in [6.45, 7) is 6.84. The van der Waals surface area contributed by atoms with E-state index in [4.69, 9.17) is 14.5 Å². The number of phenolic OH excluding ortho intramolecular Hbond substituents is 1. The molecule has 0 aliphatic carbocycles. The van der Waals surface area contributed by atoms with Gasteiger partial charge in [0.05, 0.1) is 22.4 Å². The highest BCUT2D eigenvalue weighted by atomic mass is 32.1. The summed E-state index contributed by atoms with van der Waals surface area (Å²) >= 11 is 1.56. The second-order valence-corrected chi connectivity index (χ2v) is 8.89. The third-order valence-corrected chi connectivity index (χ3v) is 7.03. The average Bonchev–Trinajstić information content (AvgIpc) is 3.11. The molecule has 0 bridgehead atoms. The molecule has 3 heterocycles. The Bertz CT molecular complexity index is 1010. The maximum Gasteiger partial charge on any atom is 0.261 e. The van der Waals surface area contributed by atoms with Crippen molar-refractivity contribution in [2.75, 3.05) is 6.61 Å². The number of benzene rings is 2. The molecular weight excluding hydrogens is 362 g/mol. The number of fused-ring (bicyclic) bond motifs is 2. The van der Waals surface area contributed by atoms with Crippen LogP contribution in [-0.4, -0.2) is 22.3 Å². The van der Waals surface area contributed by atoms with E-state index in [2.05, 4.69) is 25.8 Å². The largest absolute Gasteiger partial charge is 0.507 e. The van der Waals surface area contributed by atoms with Gasteiger partial charge in [-0.1, -0.05) is 39.0 Å². The first-order valence-electron chi connectivity index (χ1n) is 9.13. The standard InChI is InChI=1S/C21H21NO4S/c1-4-20-19(2,3)12-24-21(20,26-25-20)13-9-10-14(16(23)11-13)18-22-15-7-5-6-8-17(15)27-18/h5-11,23H,4,12H2,1-3H3. The van der Waals surface area contributed by atoms with Crippen molar-refractivity contribution in [1.82, 2.24) is 4.98 Å². The van der Waals surface area contributed by atoms with E-state index in [0.717, 1.165) is 27.2 Å². The van der Waals surface area contributed by atoms with Crippen molar-refractivity contribution in [3.8, 4) is 16.3 Å². The molecule has 2 atom stereocenters. The topological polar surface area (TPSA) is 60.8 Å². The van der Waals surface area contributed by atoms with Gasteiger partial charge in [0.25, 0.3) is 5.79 Å². The zero-order valence-electron chi connectivity index (χ0n) is 15.5. The third kappa shape index (κ3) is 2.07. The fourth-order valence-electron chi connectivity index (χ4n) is 4.35. The van der Waals surface area contributed by atoms with Crippen LogP contribution < -0.4 is 0 Å². The molecule has 0 amide bonds. The van der Waals surface area contributed by atoms with Crippen LogP contribution in [0.25, 0.3) is 20.8 Å². The van der Waals surface area contributed by atoms with E-state index in [1.807, 2.05) is 36.4 Å². The Balaban J connectivity index is 1.58. The van der Waals surface area contributed by atoms with Crippen LogP contribution in [-0.2, 0) is 20.3 Å². The van der Waals surface area contributed by atoms with Crippen LogP contribution in [0.3, 0.4) is 0 Å². The predicted octanol–water partition coefficient (Wildman–Crippen LogP) is 4.99. The van der Waals surface area contributed by atoms with Crippen molar-refractivity contribution >= 4 is 21.6 Å². The maximum absolute atomic E-state index is 10.8. The highest BCUT2D eigenvalue weighted by molar-refractivity contribution is 7.21. The third-order valence-electron chi connectivity index (χ3n) is 5.96. The number of para-hydroxylation sites is 1. The van der Waals surface area contributed by atoms with Crippen molar-refractivity contribution in [2.45, 2.75) is 38.6 Å². The Morgan fingerprint density at radius 2 is 1.96 bits per heavy atom. The molecule has 2 aliphatic heterocycles. The number of thiazole rings is 1. The van der Waals surface area contributed by atoms with E-state index in [1.54, 1.807) is 17.4 Å². The molecule has 2 aromatic carbocycles. The van der Waals surface area contributed by atoms with Gasteiger partial charge in [0.1, 0.15) is 10.8 Å². The fraction of sp³-hybridized carbons (Fsp3) is 0.381. The molecule has 140 valence electrons. The van der Waals surface area contributed by atoms with Gasteiger partial charge in [0.15, 0.2) is 5.60 Å². The van der Waals surface area contributed by atoms with Crippen LogP contribution in [0, 0.1) is 5.41 Å². The molecule has 2 saturated heterocycles. The van der Waals surface area contributed by atoms with Gasteiger partial charge >= 0.3 is 0 Å². The summed E-state index contributed by atoms with van der Waals surface area (Å²) in [5, 5.41) is 11.5. The zero-order chi connectivity index (χ0) is 18.9. The smallest absolute Gasteiger partial charge is 0.261 e. The second kappa shape index (κ2) is 5.52. The van der Waals surface area contributed by atoms with Crippen molar-refractivity contribution in [3.63, 3.8) is 0 Å².